The third-order valence-corrected chi connectivity index (χ3v) is 4.22. The molecule has 1 aromatic rings. The molecule has 0 aliphatic heterocycles. The molecule has 1 aliphatic rings. The maximum absolute atomic E-state index is 13.2. The van der Waals surface area contributed by atoms with Crippen LogP contribution >= 0.6 is 0 Å². The summed E-state index contributed by atoms with van der Waals surface area (Å²) >= 11 is 0. The third-order valence-electron chi connectivity index (χ3n) is 4.22. The molecule has 122 valence electrons. The Morgan fingerprint density at radius 3 is 2.73 bits per heavy atom. The highest BCUT2D eigenvalue weighted by Crippen LogP contribution is 2.43. The fourth-order valence-corrected chi connectivity index (χ4v) is 3.97. The second-order valence-electron chi connectivity index (χ2n) is 7.38. The molecule has 0 saturated heterocycles. The normalized spacial score (nSPS) is 27.2. The number of aliphatic hydroxyl groups is 1. The highest BCUT2D eigenvalue weighted by molar-refractivity contribution is 5.89. The Bertz CT molecular complexity index is 547. The lowest BCUT2D eigenvalue weighted by atomic mass is 9.64. The number of urea groups is 1. The van der Waals surface area contributed by atoms with Gasteiger partial charge >= 0.3 is 6.03 Å². The molecule has 0 bridgehead atoms. The molecule has 0 radical (unpaired) electrons. The van der Waals surface area contributed by atoms with Gasteiger partial charge in [-0.05, 0) is 48.8 Å². The lowest BCUT2D eigenvalue weighted by Gasteiger charge is -2.47. The standard InChI is InChI=1S/C17H25FN2O2/c1-12-8-16(2,3)10-17(9-12,11-21)20-15(22)19-14-6-4-5-13(18)7-14/h4-7,12,21H,8-11H2,1-3H3,(H2,19,20,22)/t12-,17-/m1/s1. The number of aliphatic hydroxyl groups excluding tert-OH is 1. The number of anilines is 1. The summed E-state index contributed by atoms with van der Waals surface area (Å²) in [4.78, 5) is 12.2. The minimum Gasteiger partial charge on any atom is -0.394 e. The molecule has 3 N–H and O–H groups in total. The van der Waals surface area contributed by atoms with Crippen molar-refractivity contribution in [3.63, 3.8) is 0 Å². The zero-order chi connectivity index (χ0) is 16.4. The van der Waals surface area contributed by atoms with E-state index in [1.54, 1.807) is 12.1 Å². The average molecular weight is 308 g/mol. The van der Waals surface area contributed by atoms with Gasteiger partial charge in [-0.1, -0.05) is 26.8 Å². The zero-order valence-corrected chi connectivity index (χ0v) is 13.4. The topological polar surface area (TPSA) is 61.4 Å². The van der Waals surface area contributed by atoms with Crippen LogP contribution in [0.15, 0.2) is 24.3 Å². The van der Waals surface area contributed by atoms with E-state index in [4.69, 9.17) is 0 Å². The van der Waals surface area contributed by atoms with Gasteiger partial charge in [0.2, 0.25) is 0 Å². The van der Waals surface area contributed by atoms with Crippen molar-refractivity contribution in [2.24, 2.45) is 11.3 Å². The van der Waals surface area contributed by atoms with Crippen LogP contribution in [-0.4, -0.2) is 23.3 Å². The van der Waals surface area contributed by atoms with Crippen LogP contribution in [0, 0.1) is 17.2 Å². The van der Waals surface area contributed by atoms with Gasteiger partial charge in [-0.3, -0.25) is 0 Å². The summed E-state index contributed by atoms with van der Waals surface area (Å²) in [5, 5.41) is 15.4. The number of halogens is 1. The number of carbonyl (C=O) groups excluding carboxylic acids is 1. The van der Waals surface area contributed by atoms with E-state index in [0.717, 1.165) is 19.3 Å². The number of amides is 2. The van der Waals surface area contributed by atoms with E-state index < -0.39 is 17.4 Å². The zero-order valence-electron chi connectivity index (χ0n) is 13.4. The first kappa shape index (κ1) is 16.7. The largest absolute Gasteiger partial charge is 0.394 e. The first-order valence-electron chi connectivity index (χ1n) is 7.69. The van der Waals surface area contributed by atoms with Gasteiger partial charge in [-0.25, -0.2) is 9.18 Å². The molecule has 0 unspecified atom stereocenters. The molecule has 0 aromatic heterocycles. The SMILES string of the molecule is C[C@@H]1CC(C)(C)C[C@](CO)(NC(=O)Nc2cccc(F)c2)C1. The van der Waals surface area contributed by atoms with Gasteiger partial charge in [0.15, 0.2) is 0 Å². The van der Waals surface area contributed by atoms with Crippen LogP contribution in [0.2, 0.25) is 0 Å². The van der Waals surface area contributed by atoms with Gasteiger partial charge in [0.05, 0.1) is 12.1 Å². The number of carbonyl (C=O) groups is 1. The lowest BCUT2D eigenvalue weighted by molar-refractivity contribution is 0.0446. The Morgan fingerprint density at radius 1 is 1.41 bits per heavy atom. The van der Waals surface area contributed by atoms with E-state index in [1.807, 2.05) is 0 Å². The number of hydrogen-bond acceptors (Lipinski definition) is 2. The van der Waals surface area contributed by atoms with Crippen molar-refractivity contribution < 1.29 is 14.3 Å². The summed E-state index contributed by atoms with van der Waals surface area (Å²) in [6, 6.07) is 5.34. The van der Waals surface area contributed by atoms with E-state index in [-0.39, 0.29) is 12.0 Å². The van der Waals surface area contributed by atoms with Gasteiger partial charge in [-0.15, -0.1) is 0 Å². The molecule has 2 rings (SSSR count). The van der Waals surface area contributed by atoms with Crippen LogP contribution in [0.4, 0.5) is 14.9 Å². The summed E-state index contributed by atoms with van der Waals surface area (Å²) in [5.41, 5.74) is -0.167. The highest BCUT2D eigenvalue weighted by Gasteiger charge is 2.43. The molecular weight excluding hydrogens is 283 g/mol. The maximum Gasteiger partial charge on any atom is 0.319 e. The van der Waals surface area contributed by atoms with Crippen molar-refractivity contribution >= 4 is 11.7 Å². The van der Waals surface area contributed by atoms with E-state index in [9.17, 15) is 14.3 Å². The average Bonchev–Trinajstić information content (AvgIpc) is 2.35. The van der Waals surface area contributed by atoms with E-state index in [0.29, 0.717) is 11.6 Å². The molecule has 4 nitrogen and oxygen atoms in total. The minimum atomic E-state index is -0.626. The summed E-state index contributed by atoms with van der Waals surface area (Å²) < 4.78 is 13.2. The van der Waals surface area contributed by atoms with Crippen molar-refractivity contribution in [2.75, 3.05) is 11.9 Å². The van der Waals surface area contributed by atoms with Crippen LogP contribution in [0.25, 0.3) is 0 Å². The molecule has 0 heterocycles. The Hall–Kier alpha value is -1.62. The Labute approximate surface area is 131 Å². The Morgan fingerprint density at radius 2 is 2.14 bits per heavy atom. The van der Waals surface area contributed by atoms with E-state index >= 15 is 0 Å². The minimum absolute atomic E-state index is 0.0620. The second-order valence-corrected chi connectivity index (χ2v) is 7.38. The van der Waals surface area contributed by atoms with Gasteiger partial charge < -0.3 is 15.7 Å². The molecule has 2 atom stereocenters. The first-order valence-corrected chi connectivity index (χ1v) is 7.69. The van der Waals surface area contributed by atoms with Crippen LogP contribution < -0.4 is 10.6 Å². The van der Waals surface area contributed by atoms with Crippen LogP contribution in [0.1, 0.15) is 40.0 Å². The molecule has 2 amide bonds. The number of benzene rings is 1. The monoisotopic (exact) mass is 308 g/mol. The Kier molecular flexibility index (Phi) is 4.75. The summed E-state index contributed by atoms with van der Waals surface area (Å²) in [5.74, 6) is 0.0208. The highest BCUT2D eigenvalue weighted by atomic mass is 19.1. The quantitative estimate of drug-likeness (QED) is 0.800. The van der Waals surface area contributed by atoms with Crippen LogP contribution in [0.5, 0.6) is 0 Å². The molecule has 22 heavy (non-hydrogen) atoms. The Balaban J connectivity index is 2.07. The summed E-state index contributed by atoms with van der Waals surface area (Å²) in [6.45, 7) is 6.34. The number of hydrogen-bond donors (Lipinski definition) is 3. The predicted molar refractivity (Wildman–Crippen MR) is 85.2 cm³/mol. The molecular formula is C17H25FN2O2. The van der Waals surface area contributed by atoms with E-state index in [2.05, 4.69) is 31.4 Å². The fourth-order valence-electron chi connectivity index (χ4n) is 3.97. The molecule has 1 fully saturated rings. The maximum atomic E-state index is 13.2. The van der Waals surface area contributed by atoms with Crippen LogP contribution in [0.3, 0.4) is 0 Å². The van der Waals surface area contributed by atoms with Crippen LogP contribution in [-0.2, 0) is 0 Å². The third kappa shape index (κ3) is 4.19. The molecule has 5 heteroatoms. The molecule has 1 saturated carbocycles. The summed E-state index contributed by atoms with van der Waals surface area (Å²) in [6.07, 6.45) is 2.53. The summed E-state index contributed by atoms with van der Waals surface area (Å²) in [7, 11) is 0. The smallest absolute Gasteiger partial charge is 0.319 e. The lowest BCUT2D eigenvalue weighted by Crippen LogP contribution is -2.58. The second kappa shape index (κ2) is 6.24. The van der Waals surface area contributed by atoms with Gasteiger partial charge in [0.1, 0.15) is 5.82 Å². The molecule has 0 spiro atoms. The number of rotatable bonds is 3. The molecule has 1 aliphatic carbocycles. The molecule has 1 aromatic carbocycles. The van der Waals surface area contributed by atoms with Crippen molar-refractivity contribution in [3.05, 3.63) is 30.1 Å². The fraction of sp³-hybridized carbons (Fsp3) is 0.588. The van der Waals surface area contributed by atoms with Gasteiger partial charge in [0, 0.05) is 5.69 Å². The van der Waals surface area contributed by atoms with Crippen molar-refractivity contribution in [3.8, 4) is 0 Å². The van der Waals surface area contributed by atoms with Gasteiger partial charge in [0.25, 0.3) is 0 Å². The van der Waals surface area contributed by atoms with E-state index in [1.165, 1.54) is 12.1 Å². The predicted octanol–water partition coefficient (Wildman–Crippen LogP) is 3.52. The van der Waals surface area contributed by atoms with Crippen molar-refractivity contribution in [2.45, 2.75) is 45.6 Å². The number of nitrogens with one attached hydrogen (secondary N) is 2. The van der Waals surface area contributed by atoms with Gasteiger partial charge in [-0.2, -0.15) is 0 Å². The first-order chi connectivity index (χ1) is 10.2. The van der Waals surface area contributed by atoms with Crippen molar-refractivity contribution in [1.82, 2.24) is 5.32 Å². The van der Waals surface area contributed by atoms with Crippen molar-refractivity contribution in [1.29, 1.82) is 0 Å².